The Kier molecular flexibility index (Phi) is 4.22. The molecule has 4 N–H and O–H groups in total. The summed E-state index contributed by atoms with van der Waals surface area (Å²) in [6, 6.07) is 5.50. The number of carbonyl (C=O) groups excluding carboxylic acids is 1. The Hall–Kier alpha value is -2.83. The molecule has 2 aromatic rings. The van der Waals surface area contributed by atoms with Gasteiger partial charge in [-0.05, 0) is 30.7 Å². The molecule has 1 unspecified atom stereocenters. The summed E-state index contributed by atoms with van der Waals surface area (Å²) < 4.78 is 0. The van der Waals surface area contributed by atoms with Crippen molar-refractivity contribution in [1.82, 2.24) is 10.3 Å². The third-order valence-electron chi connectivity index (χ3n) is 3.07. The van der Waals surface area contributed by atoms with Gasteiger partial charge in [0.05, 0.1) is 0 Å². The van der Waals surface area contributed by atoms with Gasteiger partial charge in [0.15, 0.2) is 0 Å². The number of fused-ring (bicyclic) bond motifs is 1. The maximum atomic E-state index is 12.0. The molecule has 7 heteroatoms. The van der Waals surface area contributed by atoms with Gasteiger partial charge in [0.1, 0.15) is 6.04 Å². The number of aromatic amines is 1. The van der Waals surface area contributed by atoms with Crippen LogP contribution in [0.15, 0.2) is 30.5 Å². The molecule has 0 aliphatic carbocycles. The molecule has 0 saturated carbocycles. The number of hydrogen-bond acceptors (Lipinski definition) is 3. The van der Waals surface area contributed by atoms with Gasteiger partial charge in [-0.2, -0.15) is 0 Å². The fourth-order valence-electron chi connectivity index (χ4n) is 1.96. The van der Waals surface area contributed by atoms with E-state index >= 15 is 0 Å². The number of carbonyl (C=O) groups is 3. The van der Waals surface area contributed by atoms with Crippen LogP contribution in [0.25, 0.3) is 10.9 Å². The van der Waals surface area contributed by atoms with Gasteiger partial charge in [-0.15, -0.1) is 0 Å². The lowest BCUT2D eigenvalue weighted by Gasteiger charge is -2.13. The number of carboxylic acid groups (broad SMARTS) is 2. The van der Waals surface area contributed by atoms with E-state index in [0.717, 1.165) is 10.9 Å². The van der Waals surface area contributed by atoms with E-state index in [9.17, 15) is 14.4 Å². The number of aromatic nitrogens is 1. The number of carboxylic acids is 2. The SMILES string of the molecule is O=C(O)CCC(NC(=O)c1ccc2[nH]ccc2c1)C(=O)O. The number of nitrogens with one attached hydrogen (secondary N) is 2. The molecule has 0 aliphatic heterocycles. The number of hydrogen-bond donors (Lipinski definition) is 4. The third kappa shape index (κ3) is 3.59. The van der Waals surface area contributed by atoms with Gasteiger partial charge >= 0.3 is 11.9 Å². The van der Waals surface area contributed by atoms with Gasteiger partial charge in [0.2, 0.25) is 0 Å². The lowest BCUT2D eigenvalue weighted by atomic mass is 10.1. The van der Waals surface area contributed by atoms with Crippen LogP contribution in [0.4, 0.5) is 0 Å². The molecule has 110 valence electrons. The first-order valence-corrected chi connectivity index (χ1v) is 6.30. The molecule has 0 aliphatic rings. The first-order chi connectivity index (χ1) is 9.97. The molecule has 0 fully saturated rings. The van der Waals surface area contributed by atoms with Crippen molar-refractivity contribution in [3.63, 3.8) is 0 Å². The van der Waals surface area contributed by atoms with Crippen LogP contribution in [-0.4, -0.2) is 39.1 Å². The zero-order chi connectivity index (χ0) is 15.4. The fraction of sp³-hybridized carbons (Fsp3) is 0.214. The molecular formula is C14H14N2O5. The van der Waals surface area contributed by atoms with Crippen LogP contribution in [0, 0.1) is 0 Å². The summed E-state index contributed by atoms with van der Waals surface area (Å²) in [6.45, 7) is 0. The molecule has 7 nitrogen and oxygen atoms in total. The van der Waals surface area contributed by atoms with Gasteiger partial charge in [-0.1, -0.05) is 0 Å². The van der Waals surface area contributed by atoms with E-state index < -0.39 is 23.9 Å². The van der Waals surface area contributed by atoms with Crippen LogP contribution >= 0.6 is 0 Å². The highest BCUT2D eigenvalue weighted by Crippen LogP contribution is 2.14. The van der Waals surface area contributed by atoms with E-state index in [2.05, 4.69) is 10.3 Å². The van der Waals surface area contributed by atoms with Crippen molar-refractivity contribution in [1.29, 1.82) is 0 Å². The van der Waals surface area contributed by atoms with E-state index in [0.29, 0.717) is 5.56 Å². The molecule has 0 saturated heterocycles. The summed E-state index contributed by atoms with van der Waals surface area (Å²) in [5.41, 5.74) is 1.19. The monoisotopic (exact) mass is 290 g/mol. The molecule has 0 radical (unpaired) electrons. The zero-order valence-electron chi connectivity index (χ0n) is 11.0. The van der Waals surface area contributed by atoms with Crippen molar-refractivity contribution in [2.24, 2.45) is 0 Å². The van der Waals surface area contributed by atoms with Gasteiger partial charge < -0.3 is 20.5 Å². The summed E-state index contributed by atoms with van der Waals surface area (Å²) >= 11 is 0. The van der Waals surface area contributed by atoms with Gasteiger partial charge in [-0.3, -0.25) is 9.59 Å². The standard InChI is InChI=1S/C14H14N2O5/c17-12(18)4-3-11(14(20)21)16-13(19)9-1-2-10-8(7-9)5-6-15-10/h1-2,5-7,11,15H,3-4H2,(H,16,19)(H,17,18)(H,20,21). The van der Waals surface area contributed by atoms with Crippen molar-refractivity contribution in [3.8, 4) is 0 Å². The summed E-state index contributed by atoms with van der Waals surface area (Å²) in [7, 11) is 0. The Morgan fingerprint density at radius 3 is 2.62 bits per heavy atom. The average Bonchev–Trinajstić information content (AvgIpc) is 2.89. The first kappa shape index (κ1) is 14.6. The van der Waals surface area contributed by atoms with E-state index in [-0.39, 0.29) is 12.8 Å². The Bertz CT molecular complexity index is 691. The Morgan fingerprint density at radius 2 is 1.95 bits per heavy atom. The Morgan fingerprint density at radius 1 is 1.19 bits per heavy atom. The number of amides is 1. The minimum Gasteiger partial charge on any atom is -0.481 e. The van der Waals surface area contributed by atoms with Crippen molar-refractivity contribution >= 4 is 28.7 Å². The van der Waals surface area contributed by atoms with Crippen LogP contribution in [0.2, 0.25) is 0 Å². The normalized spacial score (nSPS) is 12.0. The van der Waals surface area contributed by atoms with E-state index in [1.54, 1.807) is 30.5 Å². The predicted molar refractivity (Wildman–Crippen MR) is 74.1 cm³/mol. The van der Waals surface area contributed by atoms with E-state index in [1.807, 2.05) is 0 Å². The summed E-state index contributed by atoms with van der Waals surface area (Å²) in [6.07, 6.45) is 1.25. The summed E-state index contributed by atoms with van der Waals surface area (Å²) in [5.74, 6) is -2.91. The van der Waals surface area contributed by atoms with Crippen LogP contribution in [0.5, 0.6) is 0 Å². The Labute approximate surface area is 119 Å². The van der Waals surface area contributed by atoms with Crippen molar-refractivity contribution in [2.75, 3.05) is 0 Å². The highest BCUT2D eigenvalue weighted by atomic mass is 16.4. The maximum Gasteiger partial charge on any atom is 0.326 e. The number of rotatable bonds is 6. The molecule has 1 aromatic carbocycles. The smallest absolute Gasteiger partial charge is 0.326 e. The third-order valence-corrected chi connectivity index (χ3v) is 3.07. The van der Waals surface area contributed by atoms with Crippen molar-refractivity contribution in [2.45, 2.75) is 18.9 Å². The second-order valence-corrected chi connectivity index (χ2v) is 4.58. The molecule has 1 atom stereocenters. The number of H-pyrrole nitrogens is 1. The van der Waals surface area contributed by atoms with Gasteiger partial charge in [0.25, 0.3) is 5.91 Å². The average molecular weight is 290 g/mol. The molecule has 1 heterocycles. The number of benzene rings is 1. The second kappa shape index (κ2) is 6.08. The molecule has 21 heavy (non-hydrogen) atoms. The quantitative estimate of drug-likeness (QED) is 0.637. The first-order valence-electron chi connectivity index (χ1n) is 6.30. The zero-order valence-corrected chi connectivity index (χ0v) is 11.0. The van der Waals surface area contributed by atoms with Crippen LogP contribution in [0.3, 0.4) is 0 Å². The Balaban J connectivity index is 2.10. The minimum atomic E-state index is -1.26. The minimum absolute atomic E-state index is 0.164. The largest absolute Gasteiger partial charge is 0.481 e. The fourth-order valence-corrected chi connectivity index (χ4v) is 1.96. The van der Waals surface area contributed by atoms with Crippen LogP contribution < -0.4 is 5.32 Å². The highest BCUT2D eigenvalue weighted by molar-refractivity contribution is 5.99. The summed E-state index contributed by atoms with van der Waals surface area (Å²) in [4.78, 5) is 36.6. The molecule has 1 aromatic heterocycles. The van der Waals surface area contributed by atoms with Gasteiger partial charge in [0, 0.05) is 29.1 Å². The second-order valence-electron chi connectivity index (χ2n) is 4.58. The highest BCUT2D eigenvalue weighted by Gasteiger charge is 2.21. The van der Waals surface area contributed by atoms with Crippen LogP contribution in [-0.2, 0) is 9.59 Å². The lowest BCUT2D eigenvalue weighted by molar-refractivity contribution is -0.140. The maximum absolute atomic E-state index is 12.0. The number of aliphatic carboxylic acids is 2. The summed E-state index contributed by atoms with van der Waals surface area (Å²) in [5, 5.41) is 20.8. The van der Waals surface area contributed by atoms with Crippen molar-refractivity contribution in [3.05, 3.63) is 36.0 Å². The van der Waals surface area contributed by atoms with E-state index in [4.69, 9.17) is 10.2 Å². The molecule has 1 amide bonds. The molecular weight excluding hydrogens is 276 g/mol. The molecule has 0 bridgehead atoms. The predicted octanol–water partition coefficient (Wildman–Crippen LogP) is 1.22. The molecule has 0 spiro atoms. The van der Waals surface area contributed by atoms with Crippen LogP contribution in [0.1, 0.15) is 23.2 Å². The topological polar surface area (TPSA) is 119 Å². The van der Waals surface area contributed by atoms with E-state index in [1.165, 1.54) is 0 Å². The molecule has 2 rings (SSSR count). The lowest BCUT2D eigenvalue weighted by Crippen LogP contribution is -2.41. The van der Waals surface area contributed by atoms with Crippen molar-refractivity contribution < 1.29 is 24.6 Å². The van der Waals surface area contributed by atoms with Gasteiger partial charge in [-0.25, -0.2) is 4.79 Å².